The van der Waals surface area contributed by atoms with E-state index in [0.717, 1.165) is 22.1 Å². The number of fused-ring (bicyclic) bond motifs is 1. The van der Waals surface area contributed by atoms with E-state index in [9.17, 15) is 4.79 Å². The molecule has 3 rings (SSSR count). The number of benzene rings is 2. The number of carboxylic acid groups (broad SMARTS) is 1. The van der Waals surface area contributed by atoms with Gasteiger partial charge in [-0.3, -0.25) is 4.79 Å². The molecule has 0 saturated carbocycles. The Kier molecular flexibility index (Phi) is 2.80. The first-order valence-electron chi connectivity index (χ1n) is 6.01. The molecule has 0 bridgehead atoms. The number of furan rings is 1. The van der Waals surface area contributed by atoms with Crippen molar-refractivity contribution in [3.05, 3.63) is 60.4 Å². The van der Waals surface area contributed by atoms with E-state index in [-0.39, 0.29) is 6.42 Å². The van der Waals surface area contributed by atoms with Crippen LogP contribution in [0.2, 0.25) is 0 Å². The third-order valence-electron chi connectivity index (χ3n) is 3.10. The summed E-state index contributed by atoms with van der Waals surface area (Å²) in [5.41, 5.74) is 3.59. The minimum absolute atomic E-state index is 0.0226. The van der Waals surface area contributed by atoms with E-state index in [1.807, 2.05) is 48.5 Å². The van der Waals surface area contributed by atoms with E-state index in [4.69, 9.17) is 9.52 Å². The van der Waals surface area contributed by atoms with E-state index in [1.54, 1.807) is 0 Å². The molecule has 0 amide bonds. The molecule has 1 heterocycles. The van der Waals surface area contributed by atoms with Gasteiger partial charge in [-0.05, 0) is 23.3 Å². The third kappa shape index (κ3) is 2.22. The predicted molar refractivity (Wildman–Crippen MR) is 73.0 cm³/mol. The van der Waals surface area contributed by atoms with Gasteiger partial charge in [-0.2, -0.15) is 0 Å². The maximum absolute atomic E-state index is 10.8. The summed E-state index contributed by atoms with van der Waals surface area (Å²) in [4.78, 5) is 10.8. The molecule has 0 aliphatic rings. The van der Waals surface area contributed by atoms with Crippen LogP contribution in [0.1, 0.15) is 5.56 Å². The molecule has 1 aromatic heterocycles. The molecule has 0 aliphatic heterocycles. The molecule has 0 radical (unpaired) electrons. The first-order valence-corrected chi connectivity index (χ1v) is 6.01. The van der Waals surface area contributed by atoms with Gasteiger partial charge < -0.3 is 9.52 Å². The van der Waals surface area contributed by atoms with Crippen LogP contribution in [0.5, 0.6) is 0 Å². The van der Waals surface area contributed by atoms with Gasteiger partial charge in [-0.25, -0.2) is 0 Å². The summed E-state index contributed by atoms with van der Waals surface area (Å²) < 4.78 is 5.38. The Bertz CT molecular complexity index is 726. The van der Waals surface area contributed by atoms with Crippen LogP contribution in [0, 0.1) is 0 Å². The van der Waals surface area contributed by atoms with E-state index in [2.05, 4.69) is 0 Å². The molecule has 0 saturated heterocycles. The second-order valence-corrected chi connectivity index (χ2v) is 4.41. The van der Waals surface area contributed by atoms with Crippen LogP contribution in [-0.2, 0) is 11.2 Å². The van der Waals surface area contributed by atoms with Crippen molar-refractivity contribution in [3.8, 4) is 11.1 Å². The van der Waals surface area contributed by atoms with Crippen molar-refractivity contribution in [2.45, 2.75) is 6.42 Å². The number of hydrogen-bond acceptors (Lipinski definition) is 2. The number of carbonyl (C=O) groups is 1. The highest BCUT2D eigenvalue weighted by molar-refractivity contribution is 5.89. The highest BCUT2D eigenvalue weighted by Gasteiger charge is 2.10. The summed E-state index contributed by atoms with van der Waals surface area (Å²) in [6, 6.07) is 15.8. The third-order valence-corrected chi connectivity index (χ3v) is 3.10. The molecule has 2 aromatic carbocycles. The van der Waals surface area contributed by atoms with Gasteiger partial charge >= 0.3 is 5.97 Å². The fourth-order valence-corrected chi connectivity index (χ4v) is 2.19. The number of aliphatic carboxylic acids is 1. The van der Waals surface area contributed by atoms with Crippen molar-refractivity contribution in [2.75, 3.05) is 0 Å². The minimum atomic E-state index is -0.854. The topological polar surface area (TPSA) is 50.4 Å². The largest absolute Gasteiger partial charge is 0.481 e. The number of hydrogen-bond donors (Lipinski definition) is 1. The predicted octanol–water partition coefficient (Wildman–Crippen LogP) is 3.73. The molecule has 0 unspecified atom stereocenters. The number of rotatable bonds is 3. The SMILES string of the molecule is O=C(O)Cc1coc2ccc(-c3ccccc3)cc12. The van der Waals surface area contributed by atoms with Crippen LogP contribution in [-0.4, -0.2) is 11.1 Å². The fourth-order valence-electron chi connectivity index (χ4n) is 2.19. The zero-order valence-electron chi connectivity index (χ0n) is 10.2. The summed E-state index contributed by atoms with van der Waals surface area (Å²) in [7, 11) is 0. The van der Waals surface area contributed by atoms with Crippen molar-refractivity contribution in [2.24, 2.45) is 0 Å². The highest BCUT2D eigenvalue weighted by Crippen LogP contribution is 2.28. The second-order valence-electron chi connectivity index (χ2n) is 4.41. The molecule has 0 atom stereocenters. The van der Waals surface area contributed by atoms with E-state index in [0.29, 0.717) is 5.56 Å². The summed E-state index contributed by atoms with van der Waals surface area (Å²) in [5, 5.41) is 9.75. The lowest BCUT2D eigenvalue weighted by molar-refractivity contribution is -0.136. The standard InChI is InChI=1S/C16H12O3/c17-16(18)9-13-10-19-15-7-6-12(8-14(13)15)11-4-2-1-3-5-11/h1-8,10H,9H2,(H,17,18). The Morgan fingerprint density at radius 1 is 1.05 bits per heavy atom. The van der Waals surface area contributed by atoms with Crippen molar-refractivity contribution >= 4 is 16.9 Å². The van der Waals surface area contributed by atoms with Gasteiger partial charge in [0.1, 0.15) is 5.58 Å². The van der Waals surface area contributed by atoms with Gasteiger partial charge in [0, 0.05) is 10.9 Å². The van der Waals surface area contributed by atoms with E-state index < -0.39 is 5.97 Å². The average Bonchev–Trinajstić information content (AvgIpc) is 2.82. The van der Waals surface area contributed by atoms with E-state index >= 15 is 0 Å². The molecule has 3 heteroatoms. The van der Waals surface area contributed by atoms with Crippen LogP contribution >= 0.6 is 0 Å². The molecule has 3 nitrogen and oxygen atoms in total. The summed E-state index contributed by atoms with van der Waals surface area (Å²) in [6.07, 6.45) is 1.50. The summed E-state index contributed by atoms with van der Waals surface area (Å²) in [5.74, 6) is -0.854. The highest BCUT2D eigenvalue weighted by atomic mass is 16.4. The summed E-state index contributed by atoms with van der Waals surface area (Å²) >= 11 is 0. The Balaban J connectivity index is 2.11. The molecular formula is C16H12O3. The van der Waals surface area contributed by atoms with Gasteiger partial charge in [0.25, 0.3) is 0 Å². The van der Waals surface area contributed by atoms with Crippen LogP contribution in [0.15, 0.2) is 59.2 Å². The van der Waals surface area contributed by atoms with E-state index in [1.165, 1.54) is 6.26 Å². The zero-order valence-corrected chi connectivity index (χ0v) is 10.2. The monoisotopic (exact) mass is 252 g/mol. The van der Waals surface area contributed by atoms with Crippen molar-refractivity contribution in [1.29, 1.82) is 0 Å². The van der Waals surface area contributed by atoms with Gasteiger partial charge in [0.05, 0.1) is 12.7 Å². The zero-order chi connectivity index (χ0) is 13.2. The molecule has 0 aliphatic carbocycles. The van der Waals surface area contributed by atoms with Gasteiger partial charge in [-0.1, -0.05) is 36.4 Å². The Hall–Kier alpha value is -2.55. The normalized spacial score (nSPS) is 10.7. The van der Waals surface area contributed by atoms with Gasteiger partial charge in [0.2, 0.25) is 0 Å². The van der Waals surface area contributed by atoms with Crippen LogP contribution in [0.4, 0.5) is 0 Å². The molecule has 0 fully saturated rings. The number of carboxylic acids is 1. The average molecular weight is 252 g/mol. The van der Waals surface area contributed by atoms with Crippen LogP contribution in [0.25, 0.3) is 22.1 Å². The van der Waals surface area contributed by atoms with Crippen molar-refractivity contribution < 1.29 is 14.3 Å². The first kappa shape index (κ1) is 11.5. The van der Waals surface area contributed by atoms with Gasteiger partial charge in [0.15, 0.2) is 0 Å². The molecule has 1 N–H and O–H groups in total. The maximum Gasteiger partial charge on any atom is 0.307 e. The van der Waals surface area contributed by atoms with Crippen LogP contribution in [0.3, 0.4) is 0 Å². The fraction of sp³-hybridized carbons (Fsp3) is 0.0625. The van der Waals surface area contributed by atoms with Crippen LogP contribution < -0.4 is 0 Å². The molecule has 19 heavy (non-hydrogen) atoms. The summed E-state index contributed by atoms with van der Waals surface area (Å²) in [6.45, 7) is 0. The Morgan fingerprint density at radius 2 is 1.84 bits per heavy atom. The quantitative estimate of drug-likeness (QED) is 0.772. The lowest BCUT2D eigenvalue weighted by atomic mass is 10.0. The van der Waals surface area contributed by atoms with Gasteiger partial charge in [-0.15, -0.1) is 0 Å². The first-order chi connectivity index (χ1) is 9.24. The lowest BCUT2D eigenvalue weighted by Crippen LogP contribution is -1.98. The molecule has 94 valence electrons. The maximum atomic E-state index is 10.8. The van der Waals surface area contributed by atoms with Crippen molar-refractivity contribution in [1.82, 2.24) is 0 Å². The molecular weight excluding hydrogens is 240 g/mol. The van der Waals surface area contributed by atoms with Crippen molar-refractivity contribution in [3.63, 3.8) is 0 Å². The Morgan fingerprint density at radius 3 is 2.58 bits per heavy atom. The molecule has 3 aromatic rings. The Labute approximate surface area is 110 Å². The smallest absolute Gasteiger partial charge is 0.307 e. The minimum Gasteiger partial charge on any atom is -0.481 e. The molecule has 0 spiro atoms. The second kappa shape index (κ2) is 4.61. The lowest BCUT2D eigenvalue weighted by Gasteiger charge is -2.01.